The number of alkyl carbamates (subject to hydrolysis) is 1. The largest absolute Gasteiger partial charge is 0.444 e. The van der Waals surface area contributed by atoms with Crippen molar-refractivity contribution in [2.45, 2.75) is 125 Å². The van der Waals surface area contributed by atoms with Crippen LogP contribution >= 0.6 is 11.3 Å². The zero-order valence-electron chi connectivity index (χ0n) is 32.2. The summed E-state index contributed by atoms with van der Waals surface area (Å²) in [4.78, 5) is 74.3. The van der Waals surface area contributed by atoms with E-state index < -0.39 is 65.5 Å². The van der Waals surface area contributed by atoms with Gasteiger partial charge in [0.2, 0.25) is 23.6 Å². The molecular formula is C37H59N7O7S. The monoisotopic (exact) mass is 745 g/mol. The summed E-state index contributed by atoms with van der Waals surface area (Å²) in [5.41, 5.74) is 0.949. The van der Waals surface area contributed by atoms with Crippen molar-refractivity contribution >= 4 is 41.1 Å². The normalized spacial score (nSPS) is 15.1. The van der Waals surface area contributed by atoms with E-state index in [1.807, 2.05) is 40.0 Å². The van der Waals surface area contributed by atoms with Gasteiger partial charge in [-0.1, -0.05) is 41.5 Å². The molecule has 2 aromatic heterocycles. The van der Waals surface area contributed by atoms with Crippen molar-refractivity contribution in [1.29, 1.82) is 0 Å². The SMILES string of the molecule is Cc1csc(C[C@H](C)C(=O)N[C@@H](CNC(=O)OC(C)(C)C)C(=O)N[C@@H](CC(C)C)[C@@H](O)C[C@@H](C)C(=O)N[C@H](C(=O)NCc2ccncc2)C(C)C)n1. The number of nitrogens with one attached hydrogen (secondary N) is 5. The predicted molar refractivity (Wildman–Crippen MR) is 200 cm³/mol. The number of aryl methyl sites for hydroxylation is 1. The summed E-state index contributed by atoms with van der Waals surface area (Å²) in [6, 6.07) is 0.796. The minimum Gasteiger partial charge on any atom is -0.444 e. The van der Waals surface area contributed by atoms with Gasteiger partial charge in [0, 0.05) is 48.3 Å². The van der Waals surface area contributed by atoms with E-state index in [0.717, 1.165) is 16.3 Å². The number of ether oxygens (including phenoxy) is 1. The molecule has 0 aliphatic heterocycles. The molecule has 2 rings (SSSR count). The van der Waals surface area contributed by atoms with Crippen LogP contribution in [-0.4, -0.2) is 81.2 Å². The van der Waals surface area contributed by atoms with Gasteiger partial charge in [0.25, 0.3) is 0 Å². The van der Waals surface area contributed by atoms with Gasteiger partial charge in [0.15, 0.2) is 0 Å². The second-order valence-electron chi connectivity index (χ2n) is 15.2. The maximum Gasteiger partial charge on any atom is 0.407 e. The van der Waals surface area contributed by atoms with Crippen molar-refractivity contribution in [1.82, 2.24) is 36.6 Å². The third-order valence-electron chi connectivity index (χ3n) is 8.10. The number of aliphatic hydroxyl groups is 1. The summed E-state index contributed by atoms with van der Waals surface area (Å²) in [5, 5.41) is 27.9. The van der Waals surface area contributed by atoms with E-state index in [0.29, 0.717) is 12.8 Å². The van der Waals surface area contributed by atoms with Gasteiger partial charge < -0.3 is 36.4 Å². The minimum atomic E-state index is -1.19. The third-order valence-corrected chi connectivity index (χ3v) is 9.09. The zero-order chi connectivity index (χ0) is 39.2. The lowest BCUT2D eigenvalue weighted by molar-refractivity contribution is -0.133. The number of carbonyl (C=O) groups excluding carboxylic acids is 5. The van der Waals surface area contributed by atoms with Crippen molar-refractivity contribution < 1.29 is 33.8 Å². The van der Waals surface area contributed by atoms with Gasteiger partial charge in [-0.25, -0.2) is 9.78 Å². The van der Waals surface area contributed by atoms with Crippen LogP contribution in [0.1, 0.15) is 91.4 Å². The maximum absolute atomic E-state index is 13.8. The molecule has 0 aliphatic carbocycles. The van der Waals surface area contributed by atoms with Crippen LogP contribution in [0.2, 0.25) is 0 Å². The Balaban J connectivity index is 2.14. The fourth-order valence-corrected chi connectivity index (χ4v) is 6.14. The molecule has 2 aromatic rings. The van der Waals surface area contributed by atoms with E-state index >= 15 is 0 Å². The van der Waals surface area contributed by atoms with Gasteiger partial charge in [-0.05, 0) is 70.1 Å². The van der Waals surface area contributed by atoms with Crippen LogP contribution in [0.5, 0.6) is 0 Å². The Labute approximate surface area is 312 Å². The number of aromatic nitrogens is 2. The van der Waals surface area contributed by atoms with Crippen LogP contribution in [-0.2, 0) is 36.9 Å². The average Bonchev–Trinajstić information content (AvgIpc) is 3.46. The molecule has 2 heterocycles. The zero-order valence-corrected chi connectivity index (χ0v) is 33.1. The molecule has 0 aromatic carbocycles. The van der Waals surface area contributed by atoms with Gasteiger partial charge in [-0.3, -0.25) is 24.2 Å². The molecule has 0 fully saturated rings. The standard InChI is InChI=1S/C37H59N7O7S/c1-21(2)15-27(29(45)16-23(5)33(47)44-31(22(3)4)35(49)39-18-26-11-13-38-14-12-26)42-34(48)28(19-40-36(50)51-37(8,9)10)43-32(46)24(6)17-30-41-25(7)20-52-30/h11-14,20-24,27-29,31,45H,15-19H2,1-10H3,(H,39,49)(H,40,50)(H,42,48)(H,43,46)(H,44,47)/t23-,24+,27+,28+,29+,31+/m1/s1. The molecule has 52 heavy (non-hydrogen) atoms. The Morgan fingerprint density at radius 3 is 2.04 bits per heavy atom. The molecule has 0 saturated heterocycles. The number of pyridine rings is 1. The molecule has 0 radical (unpaired) electrons. The first kappa shape index (κ1) is 44.1. The first-order valence-electron chi connectivity index (χ1n) is 17.9. The third kappa shape index (κ3) is 16.1. The average molecular weight is 746 g/mol. The molecule has 0 spiro atoms. The van der Waals surface area contributed by atoms with E-state index in [1.165, 1.54) is 11.3 Å². The van der Waals surface area contributed by atoms with Gasteiger partial charge in [-0.15, -0.1) is 11.3 Å². The summed E-state index contributed by atoms with van der Waals surface area (Å²) < 4.78 is 5.32. The van der Waals surface area contributed by atoms with Crippen LogP contribution in [0.3, 0.4) is 0 Å². The minimum absolute atomic E-state index is 0.00953. The lowest BCUT2D eigenvalue weighted by atomic mass is 9.91. The highest BCUT2D eigenvalue weighted by molar-refractivity contribution is 7.09. The molecule has 6 N–H and O–H groups in total. The Hall–Kier alpha value is -4.11. The van der Waals surface area contributed by atoms with E-state index in [4.69, 9.17) is 4.74 Å². The van der Waals surface area contributed by atoms with Crippen LogP contribution in [0.4, 0.5) is 4.79 Å². The number of hydrogen-bond acceptors (Lipinski definition) is 10. The van der Waals surface area contributed by atoms with Gasteiger partial charge >= 0.3 is 6.09 Å². The van der Waals surface area contributed by atoms with E-state index in [1.54, 1.807) is 59.1 Å². The Morgan fingerprint density at radius 2 is 1.48 bits per heavy atom. The van der Waals surface area contributed by atoms with Crippen molar-refractivity contribution in [3.05, 3.63) is 46.2 Å². The molecule has 0 aliphatic rings. The van der Waals surface area contributed by atoms with Crippen molar-refractivity contribution in [3.63, 3.8) is 0 Å². The number of rotatable bonds is 19. The van der Waals surface area contributed by atoms with Crippen molar-refractivity contribution in [2.24, 2.45) is 23.7 Å². The second kappa shape index (κ2) is 20.8. The van der Waals surface area contributed by atoms with E-state index in [9.17, 15) is 29.1 Å². The van der Waals surface area contributed by atoms with Gasteiger partial charge in [0.1, 0.15) is 17.7 Å². The summed E-state index contributed by atoms with van der Waals surface area (Å²) in [5.74, 6) is -3.16. The first-order valence-corrected chi connectivity index (χ1v) is 18.8. The van der Waals surface area contributed by atoms with Crippen LogP contribution in [0, 0.1) is 30.6 Å². The quantitative estimate of drug-likeness (QED) is 0.125. The number of carbonyl (C=O) groups is 5. The summed E-state index contributed by atoms with van der Waals surface area (Å²) >= 11 is 1.45. The summed E-state index contributed by atoms with van der Waals surface area (Å²) in [7, 11) is 0. The summed E-state index contributed by atoms with van der Waals surface area (Å²) in [6.07, 6.45) is 2.10. The smallest absolute Gasteiger partial charge is 0.407 e. The van der Waals surface area contributed by atoms with Gasteiger partial charge in [-0.2, -0.15) is 0 Å². The Morgan fingerprint density at radius 1 is 0.846 bits per heavy atom. The Kier molecular flexibility index (Phi) is 17.6. The molecular weight excluding hydrogens is 687 g/mol. The number of hydrogen-bond donors (Lipinski definition) is 6. The molecule has 0 bridgehead atoms. The molecule has 14 nitrogen and oxygen atoms in total. The number of aliphatic hydroxyl groups excluding tert-OH is 1. The molecule has 5 amide bonds. The van der Waals surface area contributed by atoms with Crippen LogP contribution in [0.15, 0.2) is 29.9 Å². The maximum atomic E-state index is 13.8. The highest BCUT2D eigenvalue weighted by atomic mass is 32.1. The molecule has 0 saturated carbocycles. The number of nitrogens with zero attached hydrogens (tertiary/aromatic N) is 2. The molecule has 15 heteroatoms. The van der Waals surface area contributed by atoms with Crippen molar-refractivity contribution in [2.75, 3.05) is 6.54 Å². The highest BCUT2D eigenvalue weighted by Gasteiger charge is 2.32. The lowest BCUT2D eigenvalue weighted by Crippen LogP contribution is -2.57. The van der Waals surface area contributed by atoms with E-state index in [-0.39, 0.29) is 37.3 Å². The van der Waals surface area contributed by atoms with Crippen LogP contribution in [0.25, 0.3) is 0 Å². The van der Waals surface area contributed by atoms with Crippen molar-refractivity contribution in [3.8, 4) is 0 Å². The molecule has 0 unspecified atom stereocenters. The second-order valence-corrected chi connectivity index (χ2v) is 16.1. The molecule has 290 valence electrons. The fraction of sp³-hybridized carbons (Fsp3) is 0.649. The highest BCUT2D eigenvalue weighted by Crippen LogP contribution is 2.18. The topological polar surface area (TPSA) is 201 Å². The lowest BCUT2D eigenvalue weighted by Gasteiger charge is -2.30. The Bertz CT molecular complexity index is 1460. The predicted octanol–water partition coefficient (Wildman–Crippen LogP) is 3.41. The van der Waals surface area contributed by atoms with Gasteiger partial charge in [0.05, 0.1) is 23.7 Å². The first-order chi connectivity index (χ1) is 24.2. The van der Waals surface area contributed by atoms with Crippen LogP contribution < -0.4 is 26.6 Å². The summed E-state index contributed by atoms with van der Waals surface area (Å²) in [6.45, 7) is 17.9. The molecule has 6 atom stereocenters. The number of amides is 5. The van der Waals surface area contributed by atoms with E-state index in [2.05, 4.69) is 36.6 Å². The number of thiazole rings is 1. The fourth-order valence-electron chi connectivity index (χ4n) is 5.24.